The number of para-hydroxylation sites is 1. The normalized spacial score (nSPS) is 12.4. The molecule has 4 aromatic rings. The summed E-state index contributed by atoms with van der Waals surface area (Å²) in [5.41, 5.74) is 1.81. The smallest absolute Gasteiger partial charge is 0.349 e. The second kappa shape index (κ2) is 6.38. The standard InChI is InChI=1S/C18H16N4O3S/c1-10-14-9-15(18(23)24-11(2)16-20-19-12(3)25-16)26-17(14)22(21-10)13-7-5-4-6-8-13/h4-9,11H,1-3H3. The van der Waals surface area contributed by atoms with E-state index in [9.17, 15) is 4.79 Å². The van der Waals surface area contributed by atoms with Crippen LogP contribution in [0.4, 0.5) is 0 Å². The molecular weight excluding hydrogens is 352 g/mol. The maximum Gasteiger partial charge on any atom is 0.349 e. The first-order valence-electron chi connectivity index (χ1n) is 8.08. The highest BCUT2D eigenvalue weighted by atomic mass is 32.1. The van der Waals surface area contributed by atoms with Crippen molar-refractivity contribution in [2.24, 2.45) is 0 Å². The van der Waals surface area contributed by atoms with E-state index in [0.29, 0.717) is 10.8 Å². The van der Waals surface area contributed by atoms with Crippen LogP contribution >= 0.6 is 11.3 Å². The van der Waals surface area contributed by atoms with Crippen LogP contribution in [0.3, 0.4) is 0 Å². The average Bonchev–Trinajstić information content (AvgIpc) is 3.32. The minimum absolute atomic E-state index is 0.281. The molecule has 26 heavy (non-hydrogen) atoms. The van der Waals surface area contributed by atoms with E-state index in [1.54, 1.807) is 13.8 Å². The Morgan fingerprint density at radius 2 is 2.00 bits per heavy atom. The number of fused-ring (bicyclic) bond motifs is 1. The lowest BCUT2D eigenvalue weighted by atomic mass is 10.3. The molecule has 0 bridgehead atoms. The summed E-state index contributed by atoms with van der Waals surface area (Å²) in [6.45, 7) is 5.32. The van der Waals surface area contributed by atoms with Crippen molar-refractivity contribution in [3.05, 3.63) is 58.8 Å². The number of benzene rings is 1. The number of carbonyl (C=O) groups is 1. The summed E-state index contributed by atoms with van der Waals surface area (Å²) in [6.07, 6.45) is -0.611. The van der Waals surface area contributed by atoms with E-state index < -0.39 is 12.1 Å². The number of hydrogen-bond acceptors (Lipinski definition) is 7. The number of ether oxygens (including phenoxy) is 1. The molecule has 3 aromatic heterocycles. The molecule has 0 spiro atoms. The molecule has 132 valence electrons. The molecule has 0 aliphatic heterocycles. The molecule has 0 aliphatic carbocycles. The van der Waals surface area contributed by atoms with Gasteiger partial charge in [-0.25, -0.2) is 9.48 Å². The third kappa shape index (κ3) is 2.88. The van der Waals surface area contributed by atoms with Crippen molar-refractivity contribution in [2.45, 2.75) is 26.9 Å². The number of esters is 1. The Labute approximate surface area is 153 Å². The summed E-state index contributed by atoms with van der Waals surface area (Å²) in [7, 11) is 0. The molecule has 1 atom stereocenters. The Bertz CT molecular complexity index is 1080. The molecule has 0 fully saturated rings. The summed E-state index contributed by atoms with van der Waals surface area (Å²) in [4.78, 5) is 13.9. The second-order valence-corrected chi connectivity index (χ2v) is 6.90. The number of carbonyl (C=O) groups excluding carboxylic acids is 1. The zero-order valence-electron chi connectivity index (χ0n) is 14.5. The highest BCUT2D eigenvalue weighted by Crippen LogP contribution is 2.31. The number of aryl methyl sites for hydroxylation is 2. The molecular formula is C18H16N4O3S. The van der Waals surface area contributed by atoms with Gasteiger partial charge >= 0.3 is 5.97 Å². The van der Waals surface area contributed by atoms with Crippen LogP contribution in [0.1, 0.15) is 40.2 Å². The summed E-state index contributed by atoms with van der Waals surface area (Å²) >= 11 is 1.35. The van der Waals surface area contributed by atoms with E-state index in [1.807, 2.05) is 48.0 Å². The lowest BCUT2D eigenvalue weighted by Crippen LogP contribution is -2.08. The van der Waals surface area contributed by atoms with E-state index in [1.165, 1.54) is 11.3 Å². The van der Waals surface area contributed by atoms with Crippen molar-refractivity contribution < 1.29 is 13.9 Å². The van der Waals surface area contributed by atoms with Crippen molar-refractivity contribution in [1.82, 2.24) is 20.0 Å². The highest BCUT2D eigenvalue weighted by Gasteiger charge is 2.22. The fourth-order valence-corrected chi connectivity index (χ4v) is 3.70. The van der Waals surface area contributed by atoms with Crippen molar-refractivity contribution in [1.29, 1.82) is 0 Å². The summed E-state index contributed by atoms with van der Waals surface area (Å²) < 4.78 is 12.6. The molecule has 0 saturated heterocycles. The van der Waals surface area contributed by atoms with E-state index in [0.717, 1.165) is 21.6 Å². The van der Waals surface area contributed by atoms with Crippen LogP contribution in [0, 0.1) is 13.8 Å². The number of nitrogens with zero attached hydrogens (tertiary/aromatic N) is 4. The minimum atomic E-state index is -0.611. The zero-order valence-corrected chi connectivity index (χ0v) is 15.3. The largest absolute Gasteiger partial charge is 0.448 e. The molecule has 0 aliphatic rings. The quantitative estimate of drug-likeness (QED) is 0.506. The third-order valence-electron chi connectivity index (χ3n) is 3.92. The van der Waals surface area contributed by atoms with E-state index in [-0.39, 0.29) is 5.89 Å². The Morgan fingerprint density at radius 1 is 1.23 bits per heavy atom. The maximum atomic E-state index is 12.5. The predicted octanol–water partition coefficient (Wildman–Crippen LogP) is 4.00. The average molecular weight is 368 g/mol. The van der Waals surface area contributed by atoms with Crippen LogP contribution in [0.25, 0.3) is 15.9 Å². The third-order valence-corrected chi connectivity index (χ3v) is 5.01. The van der Waals surface area contributed by atoms with Crippen molar-refractivity contribution in [2.75, 3.05) is 0 Å². The van der Waals surface area contributed by atoms with Crippen molar-refractivity contribution >= 4 is 27.5 Å². The molecule has 8 heteroatoms. The minimum Gasteiger partial charge on any atom is -0.448 e. The molecule has 0 radical (unpaired) electrons. The number of rotatable bonds is 4. The lowest BCUT2D eigenvalue weighted by molar-refractivity contribution is 0.0283. The lowest BCUT2D eigenvalue weighted by Gasteiger charge is -2.07. The predicted molar refractivity (Wildman–Crippen MR) is 96.5 cm³/mol. The second-order valence-electron chi connectivity index (χ2n) is 5.87. The molecule has 1 aromatic carbocycles. The van der Waals surface area contributed by atoms with Gasteiger partial charge in [-0.1, -0.05) is 18.2 Å². The molecule has 4 rings (SSSR count). The molecule has 0 saturated carbocycles. The Kier molecular flexibility index (Phi) is 4.04. The Balaban J connectivity index is 1.64. The van der Waals surface area contributed by atoms with Gasteiger partial charge in [0.15, 0.2) is 6.10 Å². The Morgan fingerprint density at radius 3 is 2.69 bits per heavy atom. The van der Waals surface area contributed by atoms with Crippen LogP contribution in [-0.4, -0.2) is 25.9 Å². The Hall–Kier alpha value is -3.00. The van der Waals surface area contributed by atoms with Gasteiger partial charge in [0.25, 0.3) is 5.89 Å². The molecule has 3 heterocycles. The fraction of sp³-hybridized carbons (Fsp3) is 0.222. The molecule has 0 N–H and O–H groups in total. The summed E-state index contributed by atoms with van der Waals surface area (Å²) in [6, 6.07) is 11.6. The summed E-state index contributed by atoms with van der Waals surface area (Å²) in [5, 5.41) is 13.2. The van der Waals surface area contributed by atoms with Crippen LogP contribution in [0.15, 0.2) is 40.8 Å². The van der Waals surface area contributed by atoms with Gasteiger partial charge < -0.3 is 9.15 Å². The van der Waals surface area contributed by atoms with E-state index >= 15 is 0 Å². The van der Waals surface area contributed by atoms with Gasteiger partial charge in [0.2, 0.25) is 5.89 Å². The molecule has 7 nitrogen and oxygen atoms in total. The number of thiophene rings is 1. The first-order valence-corrected chi connectivity index (χ1v) is 8.90. The maximum absolute atomic E-state index is 12.5. The number of hydrogen-bond donors (Lipinski definition) is 0. The van der Waals surface area contributed by atoms with Crippen LogP contribution in [0.2, 0.25) is 0 Å². The molecule has 1 unspecified atom stereocenters. The van der Waals surface area contributed by atoms with Crippen molar-refractivity contribution in [3.63, 3.8) is 0 Å². The van der Waals surface area contributed by atoms with Gasteiger partial charge in [-0.15, -0.1) is 21.5 Å². The summed E-state index contributed by atoms with van der Waals surface area (Å²) in [5.74, 6) is 0.292. The monoisotopic (exact) mass is 368 g/mol. The SMILES string of the molecule is Cc1nnc(C(C)OC(=O)c2cc3c(C)nn(-c4ccccc4)c3s2)o1. The van der Waals surface area contributed by atoms with Gasteiger partial charge in [0, 0.05) is 12.3 Å². The fourth-order valence-electron chi connectivity index (χ4n) is 2.64. The van der Waals surface area contributed by atoms with Gasteiger partial charge in [-0.3, -0.25) is 0 Å². The first kappa shape index (κ1) is 16.5. The van der Waals surface area contributed by atoms with Crippen LogP contribution in [0.5, 0.6) is 0 Å². The van der Waals surface area contributed by atoms with E-state index in [4.69, 9.17) is 9.15 Å². The van der Waals surface area contributed by atoms with Crippen LogP contribution in [-0.2, 0) is 4.74 Å². The zero-order chi connectivity index (χ0) is 18.3. The van der Waals surface area contributed by atoms with Gasteiger partial charge in [-0.05, 0) is 32.0 Å². The number of aromatic nitrogens is 4. The van der Waals surface area contributed by atoms with E-state index in [2.05, 4.69) is 15.3 Å². The molecule has 0 amide bonds. The van der Waals surface area contributed by atoms with Crippen LogP contribution < -0.4 is 0 Å². The van der Waals surface area contributed by atoms with Crippen molar-refractivity contribution in [3.8, 4) is 5.69 Å². The highest BCUT2D eigenvalue weighted by molar-refractivity contribution is 7.20. The topological polar surface area (TPSA) is 83.0 Å². The van der Waals surface area contributed by atoms with Gasteiger partial charge in [0.1, 0.15) is 9.71 Å². The first-order chi connectivity index (χ1) is 12.5. The van der Waals surface area contributed by atoms with Gasteiger partial charge in [-0.2, -0.15) is 5.10 Å². The van der Waals surface area contributed by atoms with Gasteiger partial charge in [0.05, 0.1) is 11.4 Å².